The summed E-state index contributed by atoms with van der Waals surface area (Å²) in [6, 6.07) is 11.8. The molecule has 32 heavy (non-hydrogen) atoms. The second kappa shape index (κ2) is 9.59. The highest BCUT2D eigenvalue weighted by molar-refractivity contribution is 6.09. The molecule has 0 unspecified atom stereocenters. The van der Waals surface area contributed by atoms with Gasteiger partial charge in [-0.3, -0.25) is 14.5 Å². The third-order valence-corrected chi connectivity index (χ3v) is 5.35. The summed E-state index contributed by atoms with van der Waals surface area (Å²) in [6.07, 6.45) is 0.977. The van der Waals surface area contributed by atoms with Crippen molar-refractivity contribution in [3.8, 4) is 17.2 Å². The first kappa shape index (κ1) is 22.9. The lowest BCUT2D eigenvalue weighted by Gasteiger charge is -2.21. The lowest BCUT2D eigenvalue weighted by Crippen LogP contribution is -2.45. The average Bonchev–Trinajstić information content (AvgIpc) is 3.00. The van der Waals surface area contributed by atoms with Crippen molar-refractivity contribution in [1.82, 2.24) is 10.2 Å². The van der Waals surface area contributed by atoms with E-state index < -0.39 is 29.9 Å². The summed E-state index contributed by atoms with van der Waals surface area (Å²) in [4.78, 5) is 38.9. The number of nitrogens with one attached hydrogen (secondary N) is 2. The lowest BCUT2D eigenvalue weighted by atomic mass is 9.93. The Labute approximate surface area is 186 Å². The molecule has 2 N–H and O–H groups in total. The Morgan fingerprint density at radius 3 is 2.12 bits per heavy atom. The van der Waals surface area contributed by atoms with Gasteiger partial charge in [-0.1, -0.05) is 12.1 Å². The number of ether oxygens (including phenoxy) is 3. The van der Waals surface area contributed by atoms with Crippen LogP contribution in [0.25, 0.3) is 0 Å². The van der Waals surface area contributed by atoms with Crippen LogP contribution in [0.5, 0.6) is 17.2 Å². The summed E-state index contributed by atoms with van der Waals surface area (Å²) in [5.74, 6) is 0.801. The normalized spacial score (nSPS) is 17.7. The number of anilines is 1. The molecule has 0 aliphatic carbocycles. The number of urea groups is 1. The van der Waals surface area contributed by atoms with E-state index in [2.05, 4.69) is 10.6 Å². The number of methoxy groups -OCH3 is 3. The number of aryl methyl sites for hydroxylation is 1. The van der Waals surface area contributed by atoms with Crippen molar-refractivity contribution in [3.63, 3.8) is 0 Å². The van der Waals surface area contributed by atoms with E-state index >= 15 is 0 Å². The molecule has 0 spiro atoms. The predicted molar refractivity (Wildman–Crippen MR) is 118 cm³/mol. The van der Waals surface area contributed by atoms with Crippen molar-refractivity contribution < 1.29 is 28.6 Å². The van der Waals surface area contributed by atoms with Crippen LogP contribution in [-0.4, -0.2) is 56.2 Å². The van der Waals surface area contributed by atoms with Crippen molar-refractivity contribution in [2.45, 2.75) is 25.3 Å². The number of carbonyl (C=O) groups is 3. The highest BCUT2D eigenvalue weighted by Crippen LogP contribution is 2.27. The average molecular weight is 441 g/mol. The van der Waals surface area contributed by atoms with Gasteiger partial charge in [-0.15, -0.1) is 0 Å². The molecular weight excluding hydrogens is 414 g/mol. The Morgan fingerprint density at radius 1 is 0.969 bits per heavy atom. The first-order valence-corrected chi connectivity index (χ1v) is 10.1. The smallest absolute Gasteiger partial charge is 0.325 e. The molecule has 2 aromatic rings. The lowest BCUT2D eigenvalue weighted by molar-refractivity contribution is -0.133. The summed E-state index contributed by atoms with van der Waals surface area (Å²) >= 11 is 0. The molecule has 9 heteroatoms. The van der Waals surface area contributed by atoms with Crippen LogP contribution in [0.4, 0.5) is 10.5 Å². The zero-order chi connectivity index (χ0) is 23.3. The van der Waals surface area contributed by atoms with E-state index in [0.29, 0.717) is 30.0 Å². The van der Waals surface area contributed by atoms with Gasteiger partial charge in [0.15, 0.2) is 0 Å². The van der Waals surface area contributed by atoms with Crippen molar-refractivity contribution in [1.29, 1.82) is 0 Å². The minimum atomic E-state index is -1.09. The molecule has 1 saturated heterocycles. The van der Waals surface area contributed by atoms with Gasteiger partial charge in [0.1, 0.15) is 29.3 Å². The molecule has 1 heterocycles. The fraction of sp³-hybridized carbons (Fsp3) is 0.348. The largest absolute Gasteiger partial charge is 0.497 e. The molecule has 0 aromatic heterocycles. The van der Waals surface area contributed by atoms with Gasteiger partial charge < -0.3 is 24.8 Å². The highest BCUT2D eigenvalue weighted by atomic mass is 16.5. The SMILES string of the molecule is COc1ccc(CC[C@@]2(C)NC(=O)N(CC(=O)Nc3cc(OC)cc(OC)c3)C2=O)cc1. The molecule has 0 saturated carbocycles. The summed E-state index contributed by atoms with van der Waals surface area (Å²) < 4.78 is 15.5. The second-order valence-electron chi connectivity index (χ2n) is 7.65. The molecule has 0 bridgehead atoms. The third kappa shape index (κ3) is 5.11. The number of hydrogen-bond acceptors (Lipinski definition) is 6. The van der Waals surface area contributed by atoms with Crippen LogP contribution in [-0.2, 0) is 16.0 Å². The fourth-order valence-electron chi connectivity index (χ4n) is 3.47. The Kier molecular flexibility index (Phi) is 6.87. The van der Waals surface area contributed by atoms with Gasteiger partial charge in [0, 0.05) is 23.9 Å². The van der Waals surface area contributed by atoms with Crippen LogP contribution < -0.4 is 24.8 Å². The van der Waals surface area contributed by atoms with Crippen molar-refractivity contribution in [2.24, 2.45) is 0 Å². The van der Waals surface area contributed by atoms with Crippen molar-refractivity contribution >= 4 is 23.5 Å². The van der Waals surface area contributed by atoms with Crippen LogP contribution >= 0.6 is 0 Å². The van der Waals surface area contributed by atoms with E-state index in [1.165, 1.54) is 14.2 Å². The Balaban J connectivity index is 1.62. The van der Waals surface area contributed by atoms with Crippen LogP contribution in [0, 0.1) is 0 Å². The second-order valence-corrected chi connectivity index (χ2v) is 7.65. The molecule has 0 radical (unpaired) electrons. The number of nitrogens with zero attached hydrogens (tertiary/aromatic N) is 1. The van der Waals surface area contributed by atoms with Gasteiger partial charge >= 0.3 is 6.03 Å². The van der Waals surface area contributed by atoms with Gasteiger partial charge in [0.25, 0.3) is 5.91 Å². The van der Waals surface area contributed by atoms with Gasteiger partial charge in [-0.25, -0.2) is 4.79 Å². The fourth-order valence-corrected chi connectivity index (χ4v) is 3.47. The molecule has 170 valence electrons. The van der Waals surface area contributed by atoms with Crippen LogP contribution in [0.1, 0.15) is 18.9 Å². The Morgan fingerprint density at radius 2 is 1.56 bits per heavy atom. The standard InChI is InChI=1S/C23H27N3O6/c1-23(10-9-15-5-7-17(30-2)8-6-15)21(28)26(22(29)25-23)14-20(27)24-16-11-18(31-3)13-19(12-16)32-4/h5-8,11-13H,9-10,14H2,1-4H3,(H,24,27)(H,25,29)/t23-/m1/s1. The topological polar surface area (TPSA) is 106 Å². The molecule has 3 rings (SSSR count). The van der Waals surface area contributed by atoms with Gasteiger partial charge in [-0.05, 0) is 37.5 Å². The molecule has 1 aliphatic rings. The summed E-state index contributed by atoms with van der Waals surface area (Å²) in [6.45, 7) is 1.27. The van der Waals surface area contributed by atoms with Crippen LogP contribution in [0.3, 0.4) is 0 Å². The quantitative estimate of drug-likeness (QED) is 0.580. The molecular formula is C23H27N3O6. The van der Waals surface area contributed by atoms with Crippen molar-refractivity contribution in [3.05, 3.63) is 48.0 Å². The van der Waals surface area contributed by atoms with E-state index in [9.17, 15) is 14.4 Å². The molecule has 1 aliphatic heterocycles. The molecule has 1 atom stereocenters. The maximum absolute atomic E-state index is 13.0. The number of carbonyl (C=O) groups excluding carboxylic acids is 3. The van der Waals surface area contributed by atoms with Crippen molar-refractivity contribution in [2.75, 3.05) is 33.2 Å². The molecule has 4 amide bonds. The Hall–Kier alpha value is -3.75. The Bertz CT molecular complexity index is 985. The predicted octanol–water partition coefficient (Wildman–Crippen LogP) is 2.59. The highest BCUT2D eigenvalue weighted by Gasteiger charge is 2.47. The first-order chi connectivity index (χ1) is 15.3. The van der Waals surface area contributed by atoms with E-state index in [-0.39, 0.29) is 0 Å². The summed E-state index contributed by atoms with van der Waals surface area (Å²) in [7, 11) is 4.60. The molecule has 1 fully saturated rings. The zero-order valence-electron chi connectivity index (χ0n) is 18.6. The number of benzene rings is 2. The molecule has 9 nitrogen and oxygen atoms in total. The van der Waals surface area contributed by atoms with E-state index in [4.69, 9.17) is 14.2 Å². The number of hydrogen-bond donors (Lipinski definition) is 2. The monoisotopic (exact) mass is 441 g/mol. The number of rotatable bonds is 9. The number of amides is 4. The maximum Gasteiger partial charge on any atom is 0.325 e. The van der Waals surface area contributed by atoms with E-state index in [1.54, 1.807) is 32.2 Å². The van der Waals surface area contributed by atoms with E-state index in [1.807, 2.05) is 24.3 Å². The first-order valence-electron chi connectivity index (χ1n) is 10.1. The number of imide groups is 1. The molecule has 2 aromatic carbocycles. The van der Waals surface area contributed by atoms with E-state index in [0.717, 1.165) is 16.2 Å². The zero-order valence-corrected chi connectivity index (χ0v) is 18.6. The minimum absolute atomic E-state index is 0.398. The van der Waals surface area contributed by atoms with Gasteiger partial charge in [0.05, 0.1) is 21.3 Å². The van der Waals surface area contributed by atoms with Crippen LogP contribution in [0.15, 0.2) is 42.5 Å². The minimum Gasteiger partial charge on any atom is -0.497 e. The summed E-state index contributed by atoms with van der Waals surface area (Å²) in [5.41, 5.74) is 0.356. The summed E-state index contributed by atoms with van der Waals surface area (Å²) in [5, 5.41) is 5.39. The maximum atomic E-state index is 13.0. The van der Waals surface area contributed by atoms with Crippen LogP contribution in [0.2, 0.25) is 0 Å². The van der Waals surface area contributed by atoms with Gasteiger partial charge in [0.2, 0.25) is 5.91 Å². The third-order valence-electron chi connectivity index (χ3n) is 5.35. The van der Waals surface area contributed by atoms with Gasteiger partial charge in [-0.2, -0.15) is 0 Å².